The molecule has 3 heteroatoms. The monoisotopic (exact) mass is 375 g/mol. The van der Waals surface area contributed by atoms with E-state index in [0.29, 0.717) is 35.7 Å². The van der Waals surface area contributed by atoms with E-state index in [0.717, 1.165) is 49.8 Å². The summed E-state index contributed by atoms with van der Waals surface area (Å²) in [6.45, 7) is 4.61. The fourth-order valence-electron chi connectivity index (χ4n) is 7.00. The van der Waals surface area contributed by atoms with Gasteiger partial charge in [0, 0.05) is 18.0 Å². The van der Waals surface area contributed by atoms with Crippen molar-refractivity contribution in [2.24, 2.45) is 28.6 Å². The van der Waals surface area contributed by atoms with Crippen molar-refractivity contribution in [2.75, 3.05) is 0 Å². The Hall–Kier alpha value is -2.03. The number of ketones is 2. The fraction of sp³-hybridized carbons (Fsp3) is 0.560. The molecule has 0 spiro atoms. The van der Waals surface area contributed by atoms with Crippen LogP contribution in [0.25, 0.3) is 6.08 Å². The van der Waals surface area contributed by atoms with Gasteiger partial charge in [0.2, 0.25) is 0 Å². The standard InChI is InChI=1S/C25H29NO2/c1-24-10-8-19(27)15-17(24)6-7-20-21(24)9-11-25(2)22(20)14-16(23(25)28)13-18-5-3-4-12-26-18/h3-5,12-13,15,20-22H,6-11,14H2,1-2H3/b16-13+/t20-,21+,22+,24+,25+/m1/s1. The van der Waals surface area contributed by atoms with Crippen molar-refractivity contribution in [2.45, 2.75) is 58.8 Å². The molecule has 146 valence electrons. The van der Waals surface area contributed by atoms with Crippen LogP contribution in [-0.2, 0) is 9.59 Å². The zero-order chi connectivity index (χ0) is 19.5. The minimum Gasteiger partial charge on any atom is -0.295 e. The fourth-order valence-corrected chi connectivity index (χ4v) is 7.00. The summed E-state index contributed by atoms with van der Waals surface area (Å²) < 4.78 is 0. The molecule has 0 unspecified atom stereocenters. The van der Waals surface area contributed by atoms with Crippen molar-refractivity contribution >= 4 is 17.6 Å². The highest BCUT2D eigenvalue weighted by atomic mass is 16.1. The molecular formula is C25H29NO2. The topological polar surface area (TPSA) is 47.0 Å². The second kappa shape index (κ2) is 6.23. The van der Waals surface area contributed by atoms with E-state index >= 15 is 0 Å². The summed E-state index contributed by atoms with van der Waals surface area (Å²) >= 11 is 0. The summed E-state index contributed by atoms with van der Waals surface area (Å²) in [6, 6.07) is 5.86. The molecule has 28 heavy (non-hydrogen) atoms. The van der Waals surface area contributed by atoms with Crippen LogP contribution >= 0.6 is 0 Å². The third-order valence-corrected chi connectivity index (χ3v) is 8.61. The Morgan fingerprint density at radius 2 is 1.89 bits per heavy atom. The van der Waals surface area contributed by atoms with E-state index in [2.05, 4.69) is 18.8 Å². The zero-order valence-electron chi connectivity index (χ0n) is 16.9. The van der Waals surface area contributed by atoms with Gasteiger partial charge in [-0.1, -0.05) is 25.5 Å². The molecule has 1 aromatic rings. The Morgan fingerprint density at radius 3 is 2.68 bits per heavy atom. The number of nitrogens with zero attached hydrogens (tertiary/aromatic N) is 1. The van der Waals surface area contributed by atoms with Crippen LogP contribution in [0, 0.1) is 28.6 Å². The number of allylic oxidation sites excluding steroid dienone is 2. The number of carbonyl (C=O) groups excluding carboxylic acids is 2. The second-order valence-corrected chi connectivity index (χ2v) is 9.88. The quantitative estimate of drug-likeness (QED) is 0.636. The van der Waals surface area contributed by atoms with Crippen molar-refractivity contribution in [1.82, 2.24) is 4.98 Å². The number of fused-ring (bicyclic) bond motifs is 5. The second-order valence-electron chi connectivity index (χ2n) is 9.88. The van der Waals surface area contributed by atoms with Gasteiger partial charge in [-0.05, 0) is 91.6 Å². The van der Waals surface area contributed by atoms with E-state index in [1.165, 1.54) is 5.57 Å². The predicted molar refractivity (Wildman–Crippen MR) is 109 cm³/mol. The molecule has 5 atom stereocenters. The molecule has 1 heterocycles. The zero-order valence-corrected chi connectivity index (χ0v) is 16.9. The number of hydrogen-bond donors (Lipinski definition) is 0. The lowest BCUT2D eigenvalue weighted by Gasteiger charge is -2.56. The molecule has 0 saturated heterocycles. The predicted octanol–water partition coefficient (Wildman–Crippen LogP) is 5.18. The molecule has 4 aliphatic carbocycles. The van der Waals surface area contributed by atoms with Crippen molar-refractivity contribution in [3.05, 3.63) is 47.3 Å². The van der Waals surface area contributed by atoms with Gasteiger partial charge >= 0.3 is 0 Å². The number of Topliss-reactive ketones (excluding diaryl/α,β-unsaturated/α-hetero) is 1. The van der Waals surface area contributed by atoms with Crippen LogP contribution in [0.1, 0.15) is 64.5 Å². The molecule has 1 aromatic heterocycles. The van der Waals surface area contributed by atoms with Crippen LogP contribution in [0.3, 0.4) is 0 Å². The normalized spacial score (nSPS) is 41.3. The summed E-state index contributed by atoms with van der Waals surface area (Å²) in [7, 11) is 0. The maximum Gasteiger partial charge on any atom is 0.165 e. The van der Waals surface area contributed by atoms with E-state index in [4.69, 9.17) is 0 Å². The minimum atomic E-state index is -0.218. The molecule has 0 aromatic carbocycles. The highest BCUT2D eigenvalue weighted by Crippen LogP contribution is 2.65. The lowest BCUT2D eigenvalue weighted by atomic mass is 9.47. The van der Waals surface area contributed by atoms with Gasteiger partial charge in [-0.3, -0.25) is 14.6 Å². The van der Waals surface area contributed by atoms with Gasteiger partial charge in [-0.25, -0.2) is 0 Å². The third kappa shape index (κ3) is 2.51. The van der Waals surface area contributed by atoms with Gasteiger partial charge < -0.3 is 0 Å². The molecule has 0 bridgehead atoms. The van der Waals surface area contributed by atoms with Crippen LogP contribution in [0.15, 0.2) is 41.6 Å². The molecule has 0 amide bonds. The maximum absolute atomic E-state index is 13.4. The molecule has 3 saturated carbocycles. The average molecular weight is 376 g/mol. The first kappa shape index (κ1) is 18.0. The molecule has 4 aliphatic rings. The first-order valence-corrected chi connectivity index (χ1v) is 10.8. The Kier molecular flexibility index (Phi) is 4.01. The van der Waals surface area contributed by atoms with Gasteiger partial charge in [0.25, 0.3) is 0 Å². The van der Waals surface area contributed by atoms with Crippen LogP contribution < -0.4 is 0 Å². The van der Waals surface area contributed by atoms with Crippen LogP contribution in [0.5, 0.6) is 0 Å². The average Bonchev–Trinajstić information content (AvgIpc) is 2.94. The highest BCUT2D eigenvalue weighted by molar-refractivity contribution is 6.05. The van der Waals surface area contributed by atoms with Crippen LogP contribution in [0.4, 0.5) is 0 Å². The summed E-state index contributed by atoms with van der Waals surface area (Å²) in [4.78, 5) is 29.8. The van der Waals surface area contributed by atoms with Gasteiger partial charge in [-0.2, -0.15) is 0 Å². The first-order valence-electron chi connectivity index (χ1n) is 10.8. The summed E-state index contributed by atoms with van der Waals surface area (Å²) in [5, 5.41) is 0. The number of pyridine rings is 1. The molecule has 3 fully saturated rings. The molecule has 3 nitrogen and oxygen atoms in total. The van der Waals surface area contributed by atoms with Crippen molar-refractivity contribution in [3.63, 3.8) is 0 Å². The largest absolute Gasteiger partial charge is 0.295 e. The minimum absolute atomic E-state index is 0.161. The van der Waals surface area contributed by atoms with Crippen molar-refractivity contribution in [3.8, 4) is 0 Å². The molecule has 0 aliphatic heterocycles. The molecule has 5 rings (SSSR count). The summed E-state index contributed by atoms with van der Waals surface area (Å²) in [5.41, 5.74) is 3.19. The van der Waals surface area contributed by atoms with E-state index in [1.807, 2.05) is 30.4 Å². The third-order valence-electron chi connectivity index (χ3n) is 8.61. The van der Waals surface area contributed by atoms with E-state index in [9.17, 15) is 9.59 Å². The van der Waals surface area contributed by atoms with Gasteiger partial charge in [-0.15, -0.1) is 0 Å². The summed E-state index contributed by atoms with van der Waals surface area (Å²) in [5.74, 6) is 2.30. The summed E-state index contributed by atoms with van der Waals surface area (Å²) in [6.07, 6.45) is 12.6. The van der Waals surface area contributed by atoms with Crippen molar-refractivity contribution in [1.29, 1.82) is 0 Å². The Balaban J connectivity index is 1.49. The molecule has 0 radical (unpaired) electrons. The van der Waals surface area contributed by atoms with E-state index in [1.54, 1.807) is 6.20 Å². The van der Waals surface area contributed by atoms with E-state index < -0.39 is 0 Å². The van der Waals surface area contributed by atoms with E-state index in [-0.39, 0.29) is 10.8 Å². The van der Waals surface area contributed by atoms with Crippen molar-refractivity contribution < 1.29 is 9.59 Å². The number of aromatic nitrogens is 1. The van der Waals surface area contributed by atoms with Gasteiger partial charge in [0.1, 0.15) is 0 Å². The maximum atomic E-state index is 13.4. The Morgan fingerprint density at radius 1 is 1.04 bits per heavy atom. The molecular weight excluding hydrogens is 346 g/mol. The first-order chi connectivity index (χ1) is 13.4. The lowest BCUT2D eigenvalue weighted by Crippen LogP contribution is -2.50. The Bertz CT molecular complexity index is 898. The van der Waals surface area contributed by atoms with Gasteiger partial charge in [0.05, 0.1) is 5.69 Å². The Labute approximate surface area is 167 Å². The molecule has 0 N–H and O–H groups in total. The smallest absolute Gasteiger partial charge is 0.165 e. The SMILES string of the molecule is C[C@]12CCC(=O)C=C1CC[C@@H]1[C@@H]2CC[C@]2(C)C(=O)/C(=C/c3ccccn3)C[C@@H]12. The lowest BCUT2D eigenvalue weighted by molar-refractivity contribution is -0.130. The number of rotatable bonds is 1. The van der Waals surface area contributed by atoms with Crippen LogP contribution in [0.2, 0.25) is 0 Å². The van der Waals surface area contributed by atoms with Gasteiger partial charge in [0.15, 0.2) is 11.6 Å². The highest BCUT2D eigenvalue weighted by Gasteiger charge is 2.60. The number of carbonyl (C=O) groups is 2. The van der Waals surface area contributed by atoms with Crippen LogP contribution in [-0.4, -0.2) is 16.6 Å². The number of hydrogen-bond acceptors (Lipinski definition) is 3.